The summed E-state index contributed by atoms with van der Waals surface area (Å²) in [5, 5.41) is 0.748. The van der Waals surface area contributed by atoms with Crippen LogP contribution in [0.15, 0.2) is 22.7 Å². The van der Waals surface area contributed by atoms with Gasteiger partial charge in [0.25, 0.3) is 0 Å². The summed E-state index contributed by atoms with van der Waals surface area (Å²) in [7, 11) is 0. The molecule has 0 aliphatic carbocycles. The zero-order valence-corrected chi connectivity index (χ0v) is 11.6. The summed E-state index contributed by atoms with van der Waals surface area (Å²) in [5.41, 5.74) is 7.43. The highest BCUT2D eigenvalue weighted by atomic mass is 79.9. The second-order valence-corrected chi connectivity index (χ2v) is 5.46. The number of hydrogen-bond acceptors (Lipinski definition) is 2. The highest BCUT2D eigenvalue weighted by molar-refractivity contribution is 9.10. The number of nitrogens with two attached hydrogens (primary N) is 1. The molecule has 1 saturated heterocycles. The third-order valence-corrected chi connectivity index (χ3v) is 4.45. The fourth-order valence-electron chi connectivity index (χ4n) is 2.39. The molecule has 0 amide bonds. The Morgan fingerprint density at radius 2 is 2.31 bits per heavy atom. The van der Waals surface area contributed by atoms with E-state index >= 15 is 0 Å². The summed E-state index contributed by atoms with van der Waals surface area (Å²) in [6.07, 6.45) is 1.07. The number of halogens is 2. The predicted molar refractivity (Wildman–Crippen MR) is 71.7 cm³/mol. The smallest absolute Gasteiger partial charge is 0.0548 e. The molecule has 1 aromatic carbocycles. The van der Waals surface area contributed by atoms with Crippen LogP contribution in [0.2, 0.25) is 5.02 Å². The van der Waals surface area contributed by atoms with Crippen molar-refractivity contribution in [3.63, 3.8) is 0 Å². The van der Waals surface area contributed by atoms with Crippen LogP contribution >= 0.6 is 27.5 Å². The molecule has 0 radical (unpaired) electrons. The van der Waals surface area contributed by atoms with Gasteiger partial charge in [-0.25, -0.2) is 0 Å². The van der Waals surface area contributed by atoms with E-state index in [4.69, 9.17) is 17.3 Å². The summed E-state index contributed by atoms with van der Waals surface area (Å²) < 4.78 is 0.946. The van der Waals surface area contributed by atoms with E-state index in [2.05, 4.69) is 39.9 Å². The fraction of sp³-hybridized carbons (Fsp3) is 0.500. The zero-order chi connectivity index (χ0) is 11.7. The van der Waals surface area contributed by atoms with E-state index in [1.807, 2.05) is 6.07 Å². The fourth-order valence-corrected chi connectivity index (χ4v) is 2.91. The maximum atomic E-state index is 6.18. The number of hydrogen-bond donors (Lipinski definition) is 1. The van der Waals surface area contributed by atoms with Crippen molar-refractivity contribution in [2.24, 2.45) is 5.73 Å². The number of likely N-dealkylation sites (tertiary alicyclic amines) is 1. The van der Waals surface area contributed by atoms with E-state index in [0.717, 1.165) is 29.0 Å². The van der Waals surface area contributed by atoms with Crippen molar-refractivity contribution in [1.29, 1.82) is 0 Å². The Bertz CT molecular complexity index is 383. The highest BCUT2D eigenvalue weighted by Crippen LogP contribution is 2.34. The first-order valence-corrected chi connectivity index (χ1v) is 6.75. The van der Waals surface area contributed by atoms with Gasteiger partial charge in [-0.2, -0.15) is 0 Å². The van der Waals surface area contributed by atoms with E-state index in [1.54, 1.807) is 0 Å². The molecule has 2 N–H and O–H groups in total. The Morgan fingerprint density at radius 3 is 2.94 bits per heavy atom. The van der Waals surface area contributed by atoms with Crippen LogP contribution in [0.25, 0.3) is 0 Å². The summed E-state index contributed by atoms with van der Waals surface area (Å²) in [6.45, 7) is 4.30. The maximum Gasteiger partial charge on any atom is 0.0548 e. The average molecular weight is 304 g/mol. The molecule has 1 aliphatic rings. The first-order valence-electron chi connectivity index (χ1n) is 5.58. The van der Waals surface area contributed by atoms with Crippen molar-refractivity contribution >= 4 is 27.5 Å². The van der Waals surface area contributed by atoms with Crippen LogP contribution in [0.1, 0.15) is 24.9 Å². The lowest BCUT2D eigenvalue weighted by Crippen LogP contribution is -2.31. The van der Waals surface area contributed by atoms with Crippen LogP contribution in [0.5, 0.6) is 0 Å². The van der Waals surface area contributed by atoms with Gasteiger partial charge in [0.05, 0.1) is 5.02 Å². The van der Waals surface area contributed by atoms with Crippen LogP contribution in [0.4, 0.5) is 0 Å². The summed E-state index contributed by atoms with van der Waals surface area (Å²) in [4.78, 5) is 2.42. The number of likely N-dealkylation sites (N-methyl/N-ethyl adjacent to an activating group) is 1. The molecule has 0 aromatic heterocycles. The van der Waals surface area contributed by atoms with E-state index in [9.17, 15) is 0 Å². The Hall–Kier alpha value is -0.0900. The van der Waals surface area contributed by atoms with Gasteiger partial charge in [-0.05, 0) is 46.6 Å². The largest absolute Gasteiger partial charge is 0.326 e. The Kier molecular flexibility index (Phi) is 3.90. The van der Waals surface area contributed by atoms with Gasteiger partial charge in [0.2, 0.25) is 0 Å². The second-order valence-electron chi connectivity index (χ2n) is 4.20. The van der Waals surface area contributed by atoms with E-state index in [0.29, 0.717) is 6.04 Å². The zero-order valence-electron chi connectivity index (χ0n) is 9.29. The third kappa shape index (κ3) is 2.28. The molecule has 1 heterocycles. The lowest BCUT2D eigenvalue weighted by molar-refractivity contribution is 0.261. The summed E-state index contributed by atoms with van der Waals surface area (Å²) in [6, 6.07) is 6.65. The average Bonchev–Trinajstić information content (AvgIpc) is 2.64. The van der Waals surface area contributed by atoms with E-state index in [1.165, 1.54) is 5.56 Å². The third-order valence-electron chi connectivity index (χ3n) is 3.24. The van der Waals surface area contributed by atoms with E-state index in [-0.39, 0.29) is 6.04 Å². The van der Waals surface area contributed by atoms with Crippen molar-refractivity contribution < 1.29 is 0 Å². The van der Waals surface area contributed by atoms with Crippen LogP contribution in [0.3, 0.4) is 0 Å². The number of nitrogens with zero attached hydrogens (tertiary/aromatic N) is 1. The molecule has 88 valence electrons. The van der Waals surface area contributed by atoms with Crippen LogP contribution in [0, 0.1) is 0 Å². The van der Waals surface area contributed by atoms with Crippen molar-refractivity contribution in [2.75, 3.05) is 13.1 Å². The number of benzene rings is 1. The van der Waals surface area contributed by atoms with E-state index < -0.39 is 0 Å². The molecule has 0 bridgehead atoms. The molecule has 2 nitrogen and oxygen atoms in total. The normalized spacial score (nSPS) is 26.2. The lowest BCUT2D eigenvalue weighted by atomic mass is 10.0. The molecule has 0 spiro atoms. The van der Waals surface area contributed by atoms with Gasteiger partial charge < -0.3 is 5.73 Å². The quantitative estimate of drug-likeness (QED) is 0.909. The Labute approximate surface area is 110 Å². The van der Waals surface area contributed by atoms with Crippen molar-refractivity contribution in [3.8, 4) is 0 Å². The molecule has 4 heteroatoms. The molecule has 0 saturated carbocycles. The number of rotatable bonds is 2. The Morgan fingerprint density at radius 1 is 1.56 bits per heavy atom. The van der Waals surface area contributed by atoms with Crippen molar-refractivity contribution in [1.82, 2.24) is 4.90 Å². The molecule has 1 fully saturated rings. The molecule has 2 atom stereocenters. The second kappa shape index (κ2) is 5.05. The molecule has 16 heavy (non-hydrogen) atoms. The van der Waals surface area contributed by atoms with Gasteiger partial charge >= 0.3 is 0 Å². The minimum atomic E-state index is 0.230. The summed E-state index contributed by atoms with van der Waals surface area (Å²) in [5.74, 6) is 0. The standard InChI is InChI=1S/C12H16BrClN2/c1-2-16-6-5-11(15)12(16)8-3-4-10(14)9(13)7-8/h3-4,7,11-12H,2,5-6,15H2,1H3. The van der Waals surface area contributed by atoms with Gasteiger partial charge in [-0.1, -0.05) is 24.6 Å². The Balaban J connectivity index is 2.31. The lowest BCUT2D eigenvalue weighted by Gasteiger charge is -2.26. The topological polar surface area (TPSA) is 29.3 Å². The minimum absolute atomic E-state index is 0.230. The van der Waals surface area contributed by atoms with Gasteiger partial charge in [0, 0.05) is 23.1 Å². The van der Waals surface area contributed by atoms with Crippen LogP contribution in [-0.4, -0.2) is 24.0 Å². The highest BCUT2D eigenvalue weighted by Gasteiger charge is 2.31. The van der Waals surface area contributed by atoms with Gasteiger partial charge in [0.15, 0.2) is 0 Å². The first-order chi connectivity index (χ1) is 7.63. The first kappa shape index (κ1) is 12.4. The minimum Gasteiger partial charge on any atom is -0.326 e. The molecule has 1 aliphatic heterocycles. The molecular weight excluding hydrogens is 288 g/mol. The maximum absolute atomic E-state index is 6.18. The van der Waals surface area contributed by atoms with Gasteiger partial charge in [-0.15, -0.1) is 0 Å². The molecule has 2 rings (SSSR count). The predicted octanol–water partition coefficient (Wildman–Crippen LogP) is 3.20. The monoisotopic (exact) mass is 302 g/mol. The van der Waals surface area contributed by atoms with Gasteiger partial charge in [0.1, 0.15) is 0 Å². The molecule has 2 unspecified atom stereocenters. The van der Waals surface area contributed by atoms with Crippen molar-refractivity contribution in [2.45, 2.75) is 25.4 Å². The molecular formula is C12H16BrClN2. The van der Waals surface area contributed by atoms with Crippen LogP contribution < -0.4 is 5.73 Å². The van der Waals surface area contributed by atoms with Gasteiger partial charge in [-0.3, -0.25) is 4.90 Å². The summed E-state index contributed by atoms with van der Waals surface area (Å²) >= 11 is 9.47. The molecule has 1 aromatic rings. The SMILES string of the molecule is CCN1CCC(N)C1c1ccc(Cl)c(Br)c1. The van der Waals surface area contributed by atoms with Crippen LogP contribution in [-0.2, 0) is 0 Å². The van der Waals surface area contributed by atoms with Crippen molar-refractivity contribution in [3.05, 3.63) is 33.3 Å².